The number of hydrogen-bond acceptors (Lipinski definition) is 1. The second-order valence-corrected chi connectivity index (χ2v) is 3.46. The Balaban J connectivity index is 1.82. The fourth-order valence-electron chi connectivity index (χ4n) is 1.46. The van der Waals surface area contributed by atoms with Crippen LogP contribution in [0.4, 0.5) is 0 Å². The van der Waals surface area contributed by atoms with Gasteiger partial charge in [-0.2, -0.15) is 0 Å². The minimum atomic E-state index is 0.149. The number of hydrogen-bond donors (Lipinski definition) is 0. The molecule has 0 saturated carbocycles. The average Bonchev–Trinajstić information content (AvgIpc) is 2.83. The lowest BCUT2D eigenvalue weighted by atomic mass is 10.1. The summed E-state index contributed by atoms with van der Waals surface area (Å²) < 4.78 is 5.24. The summed E-state index contributed by atoms with van der Waals surface area (Å²) in [6.45, 7) is 2.23. The molecule has 1 fully saturated rings. The predicted molar refractivity (Wildman–Crippen MR) is 50.9 cm³/mol. The van der Waals surface area contributed by atoms with E-state index >= 15 is 0 Å². The van der Waals surface area contributed by atoms with E-state index in [2.05, 4.69) is 12.8 Å². The fourth-order valence-corrected chi connectivity index (χ4v) is 1.46. The third kappa shape index (κ3) is 3.28. The minimum Gasteiger partial charge on any atom is -0.356 e. The zero-order chi connectivity index (χ0) is 8.81. The van der Waals surface area contributed by atoms with Crippen LogP contribution in [-0.4, -0.2) is 12.2 Å². The lowest BCUT2D eigenvalue weighted by Crippen LogP contribution is -1.90. The van der Waals surface area contributed by atoms with Crippen LogP contribution in [0.3, 0.4) is 0 Å². The van der Waals surface area contributed by atoms with E-state index in [9.17, 15) is 0 Å². The van der Waals surface area contributed by atoms with Gasteiger partial charge in [0.1, 0.15) is 6.10 Å². The number of epoxide rings is 1. The molecule has 0 aromatic heterocycles. The Hall–Kier alpha value is -0.480. The van der Waals surface area contributed by atoms with Gasteiger partial charge >= 0.3 is 0 Å². The first-order chi connectivity index (χ1) is 5.88. The Kier molecular flexibility index (Phi) is 4.18. The largest absolute Gasteiger partial charge is 0.356 e. The topological polar surface area (TPSA) is 12.5 Å². The lowest BCUT2D eigenvalue weighted by molar-refractivity contribution is 0.375. The van der Waals surface area contributed by atoms with Crippen LogP contribution in [0, 0.1) is 12.3 Å². The summed E-state index contributed by atoms with van der Waals surface area (Å²) in [5, 5.41) is 0. The van der Waals surface area contributed by atoms with Crippen LogP contribution in [0.1, 0.15) is 45.4 Å². The van der Waals surface area contributed by atoms with Gasteiger partial charge in [-0.25, -0.2) is 0 Å². The van der Waals surface area contributed by atoms with Crippen molar-refractivity contribution in [3.63, 3.8) is 0 Å². The molecule has 1 aliphatic rings. The zero-order valence-electron chi connectivity index (χ0n) is 7.88. The Labute approximate surface area is 75.5 Å². The van der Waals surface area contributed by atoms with Crippen LogP contribution < -0.4 is 0 Å². The standard InChI is InChI=1S/C11H18O/c1-3-5-6-7-8-9-11-10(4-2)12-11/h2,10-11H,3,5-9H2,1H3. The first-order valence-electron chi connectivity index (χ1n) is 5.00. The molecule has 0 amide bonds. The maximum absolute atomic E-state index is 5.24. The number of ether oxygens (including phenoxy) is 1. The van der Waals surface area contributed by atoms with Gasteiger partial charge in [0, 0.05) is 0 Å². The van der Waals surface area contributed by atoms with E-state index in [0.29, 0.717) is 6.10 Å². The minimum absolute atomic E-state index is 0.149. The molecule has 0 bridgehead atoms. The molecule has 2 atom stereocenters. The molecule has 1 rings (SSSR count). The van der Waals surface area contributed by atoms with Gasteiger partial charge in [-0.3, -0.25) is 0 Å². The molecule has 0 aromatic carbocycles. The van der Waals surface area contributed by atoms with Gasteiger partial charge in [0.15, 0.2) is 0 Å². The van der Waals surface area contributed by atoms with Gasteiger partial charge in [0.25, 0.3) is 0 Å². The molecule has 1 saturated heterocycles. The highest BCUT2D eigenvalue weighted by Crippen LogP contribution is 2.26. The van der Waals surface area contributed by atoms with Crippen LogP contribution in [0.2, 0.25) is 0 Å². The van der Waals surface area contributed by atoms with Crippen LogP contribution >= 0.6 is 0 Å². The van der Waals surface area contributed by atoms with Crippen molar-refractivity contribution in [1.29, 1.82) is 0 Å². The van der Waals surface area contributed by atoms with E-state index < -0.39 is 0 Å². The Morgan fingerprint density at radius 3 is 2.58 bits per heavy atom. The maximum atomic E-state index is 5.24. The van der Waals surface area contributed by atoms with Crippen molar-refractivity contribution in [3.8, 4) is 12.3 Å². The first kappa shape index (κ1) is 9.61. The van der Waals surface area contributed by atoms with Crippen molar-refractivity contribution in [2.75, 3.05) is 0 Å². The van der Waals surface area contributed by atoms with Crippen molar-refractivity contribution in [1.82, 2.24) is 0 Å². The molecule has 68 valence electrons. The highest BCUT2D eigenvalue weighted by atomic mass is 16.6. The molecule has 0 radical (unpaired) electrons. The molecule has 2 unspecified atom stereocenters. The van der Waals surface area contributed by atoms with E-state index in [0.717, 1.165) is 0 Å². The maximum Gasteiger partial charge on any atom is 0.144 e. The first-order valence-corrected chi connectivity index (χ1v) is 5.00. The van der Waals surface area contributed by atoms with Gasteiger partial charge in [-0.05, 0) is 6.42 Å². The van der Waals surface area contributed by atoms with Crippen molar-refractivity contribution >= 4 is 0 Å². The molecular weight excluding hydrogens is 148 g/mol. The summed E-state index contributed by atoms with van der Waals surface area (Å²) in [6.07, 6.45) is 13.6. The second-order valence-electron chi connectivity index (χ2n) is 3.46. The van der Waals surface area contributed by atoms with Crippen LogP contribution in [-0.2, 0) is 4.74 Å². The van der Waals surface area contributed by atoms with Crippen LogP contribution in [0.5, 0.6) is 0 Å². The second kappa shape index (κ2) is 5.22. The lowest BCUT2D eigenvalue weighted by Gasteiger charge is -1.96. The molecule has 1 nitrogen and oxygen atoms in total. The van der Waals surface area contributed by atoms with Crippen molar-refractivity contribution in [2.45, 2.75) is 57.7 Å². The fraction of sp³-hybridized carbons (Fsp3) is 0.818. The normalized spacial score (nSPS) is 26.7. The van der Waals surface area contributed by atoms with Crippen LogP contribution in [0.25, 0.3) is 0 Å². The van der Waals surface area contributed by atoms with Gasteiger partial charge in [0.2, 0.25) is 0 Å². The molecule has 0 aromatic rings. The molecule has 1 heteroatoms. The molecule has 0 N–H and O–H groups in total. The monoisotopic (exact) mass is 166 g/mol. The van der Waals surface area contributed by atoms with E-state index in [1.807, 2.05) is 0 Å². The number of rotatable bonds is 6. The predicted octanol–water partition coefficient (Wildman–Crippen LogP) is 2.75. The third-order valence-corrected chi connectivity index (χ3v) is 2.34. The van der Waals surface area contributed by atoms with Gasteiger partial charge in [0.05, 0.1) is 6.10 Å². The summed E-state index contributed by atoms with van der Waals surface area (Å²) in [6, 6.07) is 0. The summed E-state index contributed by atoms with van der Waals surface area (Å²) in [5.41, 5.74) is 0. The van der Waals surface area contributed by atoms with E-state index in [1.54, 1.807) is 0 Å². The van der Waals surface area contributed by atoms with Crippen molar-refractivity contribution < 1.29 is 4.74 Å². The molecule has 0 spiro atoms. The van der Waals surface area contributed by atoms with Crippen molar-refractivity contribution in [3.05, 3.63) is 0 Å². The van der Waals surface area contributed by atoms with E-state index in [1.165, 1.54) is 38.5 Å². The van der Waals surface area contributed by atoms with Crippen LogP contribution in [0.15, 0.2) is 0 Å². The summed E-state index contributed by atoms with van der Waals surface area (Å²) in [5.74, 6) is 2.62. The van der Waals surface area contributed by atoms with E-state index in [-0.39, 0.29) is 6.10 Å². The molecule has 0 aliphatic carbocycles. The smallest absolute Gasteiger partial charge is 0.144 e. The number of unbranched alkanes of at least 4 members (excludes halogenated alkanes) is 4. The van der Waals surface area contributed by atoms with E-state index in [4.69, 9.17) is 11.2 Å². The zero-order valence-corrected chi connectivity index (χ0v) is 7.88. The Bertz CT molecular complexity index is 157. The SMILES string of the molecule is C#CC1OC1CCCCCCC. The highest BCUT2D eigenvalue weighted by molar-refractivity contribution is 5.07. The van der Waals surface area contributed by atoms with Gasteiger partial charge < -0.3 is 4.74 Å². The van der Waals surface area contributed by atoms with Gasteiger partial charge in [-0.1, -0.05) is 44.9 Å². The quantitative estimate of drug-likeness (QED) is 0.336. The Morgan fingerprint density at radius 1 is 1.25 bits per heavy atom. The average molecular weight is 166 g/mol. The van der Waals surface area contributed by atoms with Gasteiger partial charge in [-0.15, -0.1) is 6.42 Å². The highest BCUT2D eigenvalue weighted by Gasteiger charge is 2.35. The molecule has 12 heavy (non-hydrogen) atoms. The summed E-state index contributed by atoms with van der Waals surface area (Å²) >= 11 is 0. The molecular formula is C11H18O. The Morgan fingerprint density at radius 2 is 2.00 bits per heavy atom. The number of terminal acetylenes is 1. The summed E-state index contributed by atoms with van der Waals surface area (Å²) in [7, 11) is 0. The third-order valence-electron chi connectivity index (χ3n) is 2.34. The summed E-state index contributed by atoms with van der Waals surface area (Å²) in [4.78, 5) is 0. The molecule has 1 aliphatic heterocycles. The molecule has 1 heterocycles. The van der Waals surface area contributed by atoms with Crippen molar-refractivity contribution in [2.24, 2.45) is 0 Å².